The molecule has 0 radical (unpaired) electrons. The largest absolute Gasteiger partial charge is 0.495 e. The molecule has 0 bridgehead atoms. The topological polar surface area (TPSA) is 78.1 Å². The van der Waals surface area contributed by atoms with E-state index in [0.717, 1.165) is 0 Å². The van der Waals surface area contributed by atoms with Gasteiger partial charge in [-0.15, -0.1) is 10.2 Å². The third-order valence-electron chi connectivity index (χ3n) is 1.73. The van der Waals surface area contributed by atoms with Crippen LogP contribution in [0.25, 0.3) is 11.6 Å². The van der Waals surface area contributed by atoms with Crippen LogP contribution in [0.4, 0.5) is 0 Å². The number of hydrogen-bond donors (Lipinski definition) is 0. The van der Waals surface area contributed by atoms with Crippen LogP contribution in [-0.4, -0.2) is 28.6 Å². The highest BCUT2D eigenvalue weighted by Gasteiger charge is 2.08. The van der Waals surface area contributed by atoms with Gasteiger partial charge in [-0.2, -0.15) is 0 Å². The van der Waals surface area contributed by atoms with Gasteiger partial charge in [0.1, 0.15) is 11.4 Å². The summed E-state index contributed by atoms with van der Waals surface area (Å²) in [5.74, 6) is 0.774. The van der Waals surface area contributed by atoms with Crippen LogP contribution in [0.2, 0.25) is 0 Å². The van der Waals surface area contributed by atoms with Crippen LogP contribution in [0.3, 0.4) is 0 Å². The average Bonchev–Trinajstić information content (AvgIpc) is 2.78. The second-order valence-electron chi connectivity index (χ2n) is 2.65. The maximum Gasteiger partial charge on any atom is 0.281 e. The zero-order valence-corrected chi connectivity index (χ0v) is 7.88. The molecule has 0 unspecified atom stereocenters. The van der Waals surface area contributed by atoms with E-state index in [0.29, 0.717) is 17.7 Å². The van der Waals surface area contributed by atoms with Crippen molar-refractivity contribution in [3.05, 3.63) is 24.2 Å². The molecule has 0 N–H and O–H groups in total. The summed E-state index contributed by atoms with van der Waals surface area (Å²) in [5, 5.41) is 7.16. The lowest BCUT2D eigenvalue weighted by Gasteiger charge is -1.97. The van der Waals surface area contributed by atoms with Crippen LogP contribution in [0, 0.1) is 0 Å². The van der Waals surface area contributed by atoms with Crippen molar-refractivity contribution < 1.29 is 13.9 Å². The highest BCUT2D eigenvalue weighted by atomic mass is 16.5. The van der Waals surface area contributed by atoms with Crippen molar-refractivity contribution in [2.45, 2.75) is 0 Å². The second-order valence-corrected chi connectivity index (χ2v) is 2.65. The van der Waals surface area contributed by atoms with E-state index in [-0.39, 0.29) is 11.8 Å². The summed E-state index contributed by atoms with van der Waals surface area (Å²) in [5.41, 5.74) is 0.497. The van der Waals surface area contributed by atoms with E-state index in [2.05, 4.69) is 15.2 Å². The number of aldehydes is 1. The summed E-state index contributed by atoms with van der Waals surface area (Å²) in [6, 6.07) is 3.38. The molecule has 0 amide bonds. The lowest BCUT2D eigenvalue weighted by molar-refractivity contribution is 0.109. The number of aromatic nitrogens is 3. The molecule has 0 saturated heterocycles. The third-order valence-corrected chi connectivity index (χ3v) is 1.73. The van der Waals surface area contributed by atoms with Gasteiger partial charge in [0.05, 0.1) is 13.3 Å². The fourth-order valence-electron chi connectivity index (χ4n) is 1.01. The molecule has 0 aliphatic carbocycles. The first-order valence-electron chi connectivity index (χ1n) is 4.12. The van der Waals surface area contributed by atoms with Crippen molar-refractivity contribution in [3.63, 3.8) is 0 Å². The van der Waals surface area contributed by atoms with E-state index >= 15 is 0 Å². The van der Waals surface area contributed by atoms with Gasteiger partial charge in [0.15, 0.2) is 0 Å². The molecule has 15 heavy (non-hydrogen) atoms. The molecule has 6 nitrogen and oxygen atoms in total. The lowest BCUT2D eigenvalue weighted by atomic mass is 10.3. The minimum absolute atomic E-state index is 0.0670. The number of carbonyl (C=O) groups is 1. The molecule has 2 aromatic rings. The van der Waals surface area contributed by atoms with Gasteiger partial charge in [-0.3, -0.25) is 4.79 Å². The first kappa shape index (κ1) is 9.32. The van der Waals surface area contributed by atoms with E-state index in [1.54, 1.807) is 19.2 Å². The monoisotopic (exact) mass is 205 g/mol. The van der Waals surface area contributed by atoms with Crippen molar-refractivity contribution >= 4 is 6.29 Å². The summed E-state index contributed by atoms with van der Waals surface area (Å²) < 4.78 is 9.94. The summed E-state index contributed by atoms with van der Waals surface area (Å²) in [4.78, 5) is 14.3. The van der Waals surface area contributed by atoms with Gasteiger partial charge in [-0.25, -0.2) is 4.98 Å². The van der Waals surface area contributed by atoms with Crippen LogP contribution >= 0.6 is 0 Å². The smallest absolute Gasteiger partial charge is 0.281 e. The SMILES string of the molecule is COc1ccc(-c2nnc(C=O)o2)nc1. The van der Waals surface area contributed by atoms with Crippen molar-refractivity contribution in [2.24, 2.45) is 0 Å². The summed E-state index contributed by atoms with van der Waals surface area (Å²) >= 11 is 0. The Bertz CT molecular complexity index is 464. The molecule has 0 aliphatic rings. The van der Waals surface area contributed by atoms with Gasteiger partial charge < -0.3 is 9.15 Å². The molecule has 76 valence electrons. The van der Waals surface area contributed by atoms with E-state index in [4.69, 9.17) is 9.15 Å². The Balaban J connectivity index is 2.32. The molecule has 2 rings (SSSR count). The first-order chi connectivity index (χ1) is 7.33. The number of nitrogens with zero attached hydrogens (tertiary/aromatic N) is 3. The molecule has 0 aromatic carbocycles. The van der Waals surface area contributed by atoms with Crippen molar-refractivity contribution in [1.82, 2.24) is 15.2 Å². The van der Waals surface area contributed by atoms with Gasteiger partial charge in [-0.05, 0) is 12.1 Å². The maximum absolute atomic E-state index is 10.3. The Hall–Kier alpha value is -2.24. The molecular formula is C9H7N3O3. The van der Waals surface area contributed by atoms with Crippen LogP contribution in [0.5, 0.6) is 5.75 Å². The molecule has 2 heterocycles. The Labute approximate surface area is 84.9 Å². The molecule has 2 aromatic heterocycles. The van der Waals surface area contributed by atoms with Gasteiger partial charge in [0, 0.05) is 0 Å². The van der Waals surface area contributed by atoms with Crippen LogP contribution in [-0.2, 0) is 0 Å². The summed E-state index contributed by atoms with van der Waals surface area (Å²) in [7, 11) is 1.55. The standard InChI is InChI=1S/C9H7N3O3/c1-14-6-2-3-7(10-4-6)9-12-11-8(5-13)15-9/h2-5H,1H3. The first-order valence-corrected chi connectivity index (χ1v) is 4.12. The van der Waals surface area contributed by atoms with Crippen molar-refractivity contribution in [1.29, 1.82) is 0 Å². The third kappa shape index (κ3) is 1.83. The molecule has 0 atom stereocenters. The lowest BCUT2D eigenvalue weighted by Crippen LogP contribution is -1.86. The minimum Gasteiger partial charge on any atom is -0.495 e. The van der Waals surface area contributed by atoms with Gasteiger partial charge in [0.2, 0.25) is 6.29 Å². The Kier molecular flexibility index (Phi) is 2.40. The predicted octanol–water partition coefficient (Wildman–Crippen LogP) is 0.953. The molecule has 0 aliphatic heterocycles. The van der Waals surface area contributed by atoms with Crippen LogP contribution < -0.4 is 4.74 Å². The zero-order valence-electron chi connectivity index (χ0n) is 7.88. The van der Waals surface area contributed by atoms with E-state index in [1.807, 2.05) is 0 Å². The predicted molar refractivity (Wildman–Crippen MR) is 49.5 cm³/mol. The number of carbonyl (C=O) groups excluding carboxylic acids is 1. The molecule has 0 fully saturated rings. The minimum atomic E-state index is -0.0670. The van der Waals surface area contributed by atoms with Crippen molar-refractivity contribution in [2.75, 3.05) is 7.11 Å². The van der Waals surface area contributed by atoms with Gasteiger partial charge in [0.25, 0.3) is 11.8 Å². The second kappa shape index (κ2) is 3.87. The Morgan fingerprint density at radius 2 is 2.27 bits per heavy atom. The number of rotatable bonds is 3. The summed E-state index contributed by atoms with van der Waals surface area (Å²) in [6.07, 6.45) is 2.01. The fourth-order valence-corrected chi connectivity index (χ4v) is 1.01. The molecular weight excluding hydrogens is 198 g/mol. The maximum atomic E-state index is 10.3. The number of pyridine rings is 1. The normalized spacial score (nSPS) is 9.93. The van der Waals surface area contributed by atoms with Crippen LogP contribution in [0.1, 0.15) is 10.7 Å². The fraction of sp³-hybridized carbons (Fsp3) is 0.111. The molecule has 6 heteroatoms. The van der Waals surface area contributed by atoms with Gasteiger partial charge in [-0.1, -0.05) is 0 Å². The van der Waals surface area contributed by atoms with Crippen molar-refractivity contribution in [3.8, 4) is 17.3 Å². The summed E-state index contributed by atoms with van der Waals surface area (Å²) in [6.45, 7) is 0. The number of hydrogen-bond acceptors (Lipinski definition) is 6. The Morgan fingerprint density at radius 3 is 2.80 bits per heavy atom. The van der Waals surface area contributed by atoms with Gasteiger partial charge >= 0.3 is 0 Å². The number of methoxy groups -OCH3 is 1. The highest BCUT2D eigenvalue weighted by Crippen LogP contribution is 2.17. The van der Waals surface area contributed by atoms with Crippen LogP contribution in [0.15, 0.2) is 22.7 Å². The van der Waals surface area contributed by atoms with E-state index < -0.39 is 0 Å². The quantitative estimate of drug-likeness (QED) is 0.694. The Morgan fingerprint density at radius 1 is 1.40 bits per heavy atom. The van der Waals surface area contributed by atoms with E-state index in [9.17, 15) is 4.79 Å². The molecule has 0 saturated carbocycles. The highest BCUT2D eigenvalue weighted by molar-refractivity contribution is 5.67. The number of ether oxygens (including phenoxy) is 1. The zero-order chi connectivity index (χ0) is 10.7. The van der Waals surface area contributed by atoms with E-state index in [1.165, 1.54) is 6.20 Å². The average molecular weight is 205 g/mol. The molecule has 0 spiro atoms.